The van der Waals surface area contributed by atoms with Crippen LogP contribution in [0.2, 0.25) is 0 Å². The highest BCUT2D eigenvalue weighted by Crippen LogP contribution is 2.21. The Kier molecular flexibility index (Phi) is 10.7. The van der Waals surface area contributed by atoms with Crippen LogP contribution in [0, 0.1) is 5.82 Å². The Morgan fingerprint density at radius 1 is 1.00 bits per heavy atom. The molecule has 0 heterocycles. The zero-order valence-electron chi connectivity index (χ0n) is 22.2. The minimum Gasteiger partial charge on any atom is -0.491 e. The van der Waals surface area contributed by atoms with E-state index in [-0.39, 0.29) is 37.6 Å². The van der Waals surface area contributed by atoms with Crippen molar-refractivity contribution in [3.05, 3.63) is 65.5 Å². The number of halogens is 1. The third-order valence-corrected chi connectivity index (χ3v) is 5.18. The van der Waals surface area contributed by atoms with Gasteiger partial charge in [0, 0.05) is 20.1 Å². The predicted octanol–water partition coefficient (Wildman–Crippen LogP) is 4.89. The van der Waals surface area contributed by atoms with Gasteiger partial charge in [0.05, 0.1) is 13.2 Å². The summed E-state index contributed by atoms with van der Waals surface area (Å²) < 4.78 is 35.0. The van der Waals surface area contributed by atoms with Crippen molar-refractivity contribution < 1.29 is 37.7 Å². The van der Waals surface area contributed by atoms with Gasteiger partial charge < -0.3 is 28.7 Å². The number of benzene rings is 2. The molecule has 2 amide bonds. The van der Waals surface area contributed by atoms with Crippen LogP contribution in [0.1, 0.15) is 43.6 Å². The maximum absolute atomic E-state index is 13.7. The van der Waals surface area contributed by atoms with Crippen LogP contribution in [0.4, 0.5) is 14.0 Å². The third-order valence-electron chi connectivity index (χ3n) is 5.18. The third kappa shape index (κ3) is 9.63. The topological polar surface area (TPSA) is 94.6 Å². The average Bonchev–Trinajstić information content (AvgIpc) is 2.85. The molecule has 2 rings (SSSR count). The Labute approximate surface area is 217 Å². The molecule has 2 aromatic carbocycles. The van der Waals surface area contributed by atoms with Crippen molar-refractivity contribution in [3.63, 3.8) is 0 Å². The maximum Gasteiger partial charge on any atom is 0.410 e. The first-order chi connectivity index (χ1) is 17.4. The molecular formula is C27H35FN2O7. The largest absolute Gasteiger partial charge is 0.491 e. The first-order valence-electron chi connectivity index (χ1n) is 11.8. The van der Waals surface area contributed by atoms with E-state index in [0.717, 1.165) is 17.7 Å². The maximum atomic E-state index is 13.7. The molecule has 1 atom stereocenters. The Balaban J connectivity index is 2.12. The molecule has 0 aliphatic heterocycles. The summed E-state index contributed by atoms with van der Waals surface area (Å²) in [6.45, 7) is 7.36. The van der Waals surface area contributed by atoms with Crippen LogP contribution >= 0.6 is 0 Å². The van der Waals surface area contributed by atoms with E-state index in [4.69, 9.17) is 18.9 Å². The zero-order valence-corrected chi connectivity index (χ0v) is 22.2. The lowest BCUT2D eigenvalue weighted by Gasteiger charge is -2.31. The summed E-state index contributed by atoms with van der Waals surface area (Å²) in [7, 11) is 2.76. The van der Waals surface area contributed by atoms with Crippen molar-refractivity contribution in [3.8, 4) is 5.75 Å². The molecule has 0 radical (unpaired) electrons. The first kappa shape index (κ1) is 29.4. The van der Waals surface area contributed by atoms with E-state index in [9.17, 15) is 18.8 Å². The Morgan fingerprint density at radius 3 is 2.30 bits per heavy atom. The van der Waals surface area contributed by atoms with E-state index in [0.29, 0.717) is 0 Å². The average molecular weight is 519 g/mol. The first-order valence-corrected chi connectivity index (χ1v) is 11.8. The number of methoxy groups -OCH3 is 1. The predicted molar refractivity (Wildman–Crippen MR) is 135 cm³/mol. The second kappa shape index (κ2) is 13.5. The van der Waals surface area contributed by atoms with Crippen molar-refractivity contribution in [2.75, 3.05) is 33.9 Å². The quantitative estimate of drug-likeness (QED) is 0.327. The number of carbonyl (C=O) groups is 3. The van der Waals surface area contributed by atoms with E-state index in [1.165, 1.54) is 23.0 Å². The number of esters is 1. The lowest BCUT2D eigenvalue weighted by Crippen LogP contribution is -2.47. The highest BCUT2D eigenvalue weighted by molar-refractivity contribution is 5.92. The number of amides is 2. The second-order valence-electron chi connectivity index (χ2n) is 9.43. The van der Waals surface area contributed by atoms with Gasteiger partial charge in [0.15, 0.2) is 0 Å². The molecule has 0 bridgehead atoms. The number of likely N-dealkylation sites (N-methyl/N-ethyl adjacent to an activating group) is 1. The smallest absolute Gasteiger partial charge is 0.410 e. The molecular weight excluding hydrogens is 483 g/mol. The number of ether oxygens (including phenoxy) is 4. The van der Waals surface area contributed by atoms with Crippen LogP contribution in [0.15, 0.2) is 48.5 Å². The van der Waals surface area contributed by atoms with Crippen LogP contribution in [0.5, 0.6) is 5.75 Å². The van der Waals surface area contributed by atoms with Gasteiger partial charge in [0.25, 0.3) is 0 Å². The minimum absolute atomic E-state index is 0.0355. The molecule has 1 unspecified atom stereocenters. The molecule has 0 spiro atoms. The Hall–Kier alpha value is -3.82. The molecule has 0 N–H and O–H groups in total. The number of carbonyl (C=O) groups excluding carboxylic acids is 3. The van der Waals surface area contributed by atoms with Crippen molar-refractivity contribution in [1.82, 2.24) is 9.80 Å². The van der Waals surface area contributed by atoms with Gasteiger partial charge in [-0.05, 0) is 51.5 Å². The van der Waals surface area contributed by atoms with E-state index in [2.05, 4.69) is 0 Å². The highest BCUT2D eigenvalue weighted by atomic mass is 19.1. The fourth-order valence-electron chi connectivity index (χ4n) is 3.18. The fourth-order valence-corrected chi connectivity index (χ4v) is 3.18. The van der Waals surface area contributed by atoms with Gasteiger partial charge in [-0.3, -0.25) is 0 Å². The normalized spacial score (nSPS) is 11.8. The number of hydrogen-bond acceptors (Lipinski definition) is 7. The van der Waals surface area contributed by atoms with Crippen molar-refractivity contribution in [1.29, 1.82) is 0 Å². The molecule has 0 aliphatic rings. The van der Waals surface area contributed by atoms with E-state index in [1.54, 1.807) is 34.7 Å². The molecule has 0 saturated heterocycles. The van der Waals surface area contributed by atoms with Crippen molar-refractivity contribution in [2.45, 2.75) is 45.9 Å². The van der Waals surface area contributed by atoms with Gasteiger partial charge in [-0.25, -0.2) is 18.8 Å². The SMILES string of the molecule is COC(=O)c1cc(F)ccc1OCC(C)N(CCN(C)C(=O)OC(C)(C)C)C(=O)OCc1ccccc1. The van der Waals surface area contributed by atoms with Crippen LogP contribution in [0.3, 0.4) is 0 Å². The summed E-state index contributed by atoms with van der Waals surface area (Å²) in [6.07, 6.45) is -1.13. The Morgan fingerprint density at radius 2 is 1.68 bits per heavy atom. The van der Waals surface area contributed by atoms with Gasteiger partial charge in [0.2, 0.25) is 0 Å². The molecule has 37 heavy (non-hydrogen) atoms. The van der Waals surface area contributed by atoms with Crippen molar-refractivity contribution in [2.24, 2.45) is 0 Å². The van der Waals surface area contributed by atoms with E-state index < -0.39 is 35.6 Å². The minimum atomic E-state index is -0.750. The van der Waals surface area contributed by atoms with Crippen LogP contribution < -0.4 is 4.74 Å². The number of nitrogens with zero attached hydrogens (tertiary/aromatic N) is 2. The lowest BCUT2D eigenvalue weighted by atomic mass is 10.2. The summed E-state index contributed by atoms with van der Waals surface area (Å²) in [5, 5.41) is 0. The molecule has 0 aromatic heterocycles. The standard InChI is InChI=1S/C27H35FN2O7/c1-19(17-35-23-13-12-21(28)16-22(23)24(31)34-6)30(15-14-29(5)25(32)37-27(2,3)4)26(33)36-18-20-10-8-7-9-11-20/h7-13,16,19H,14-15,17-18H2,1-6H3. The molecule has 0 aliphatic carbocycles. The number of rotatable bonds is 10. The van der Waals surface area contributed by atoms with Crippen LogP contribution in [0.25, 0.3) is 0 Å². The van der Waals surface area contributed by atoms with Gasteiger partial charge >= 0.3 is 18.2 Å². The van der Waals surface area contributed by atoms with Crippen LogP contribution in [-0.2, 0) is 20.8 Å². The Bertz CT molecular complexity index is 1060. The highest BCUT2D eigenvalue weighted by Gasteiger charge is 2.26. The van der Waals surface area contributed by atoms with Crippen LogP contribution in [-0.4, -0.2) is 73.5 Å². The second-order valence-corrected chi connectivity index (χ2v) is 9.43. The van der Waals surface area contributed by atoms with Crippen molar-refractivity contribution >= 4 is 18.2 Å². The van der Waals surface area contributed by atoms with Gasteiger partial charge in [-0.1, -0.05) is 30.3 Å². The molecule has 2 aromatic rings. The summed E-state index contributed by atoms with van der Waals surface area (Å²) in [6, 6.07) is 12.2. The summed E-state index contributed by atoms with van der Waals surface area (Å²) in [5.41, 5.74) is 0.0879. The summed E-state index contributed by atoms with van der Waals surface area (Å²) in [5.74, 6) is -1.25. The molecule has 9 nitrogen and oxygen atoms in total. The van der Waals surface area contributed by atoms with Gasteiger partial charge in [-0.15, -0.1) is 0 Å². The van der Waals surface area contributed by atoms with Gasteiger partial charge in [0.1, 0.15) is 35.9 Å². The monoisotopic (exact) mass is 518 g/mol. The molecule has 10 heteroatoms. The molecule has 0 saturated carbocycles. The van der Waals surface area contributed by atoms with E-state index in [1.807, 2.05) is 30.3 Å². The fraction of sp³-hybridized carbons (Fsp3) is 0.444. The lowest BCUT2D eigenvalue weighted by molar-refractivity contribution is 0.0253. The van der Waals surface area contributed by atoms with Gasteiger partial charge in [-0.2, -0.15) is 0 Å². The molecule has 0 fully saturated rings. The molecule has 202 valence electrons. The van der Waals surface area contributed by atoms with E-state index >= 15 is 0 Å². The summed E-state index contributed by atoms with van der Waals surface area (Å²) in [4.78, 5) is 40.2. The summed E-state index contributed by atoms with van der Waals surface area (Å²) >= 11 is 0. The number of hydrogen-bond donors (Lipinski definition) is 0. The zero-order chi connectivity index (χ0) is 27.6.